The van der Waals surface area contributed by atoms with Gasteiger partial charge in [-0.25, -0.2) is 0 Å². The van der Waals surface area contributed by atoms with E-state index in [2.05, 4.69) is 23.8 Å². The van der Waals surface area contributed by atoms with Crippen molar-refractivity contribution in [3.8, 4) is 0 Å². The molecule has 0 radical (unpaired) electrons. The summed E-state index contributed by atoms with van der Waals surface area (Å²) < 4.78 is 5.41. The number of nitrogens with zero attached hydrogens (tertiary/aromatic N) is 1. The van der Waals surface area contributed by atoms with Crippen molar-refractivity contribution in [3.63, 3.8) is 0 Å². The second-order valence-corrected chi connectivity index (χ2v) is 3.97. The van der Waals surface area contributed by atoms with Crippen molar-refractivity contribution in [2.75, 3.05) is 19.8 Å². The highest BCUT2D eigenvalue weighted by Crippen LogP contribution is 2.09. The minimum absolute atomic E-state index is 0.330. The highest BCUT2D eigenvalue weighted by molar-refractivity contribution is 5.13. The van der Waals surface area contributed by atoms with E-state index < -0.39 is 0 Å². The molecule has 1 atom stereocenters. The largest absolute Gasteiger partial charge is 0.376 e. The fourth-order valence-corrected chi connectivity index (χ4v) is 1.36. The molecule has 1 heterocycles. The number of hydrogen-bond acceptors (Lipinski definition) is 3. The van der Waals surface area contributed by atoms with Gasteiger partial charge in [0.05, 0.1) is 13.2 Å². The maximum absolute atomic E-state index is 5.41. The minimum atomic E-state index is 0.330. The van der Waals surface area contributed by atoms with Gasteiger partial charge in [0.1, 0.15) is 0 Å². The maximum atomic E-state index is 5.41. The molecule has 0 saturated carbocycles. The summed E-state index contributed by atoms with van der Waals surface area (Å²) in [6.45, 7) is 10.1. The molecule has 1 unspecified atom stereocenters. The number of nitrogens with one attached hydrogen (secondary N) is 1. The van der Waals surface area contributed by atoms with Crippen molar-refractivity contribution < 1.29 is 4.74 Å². The van der Waals surface area contributed by atoms with E-state index in [1.54, 1.807) is 0 Å². The van der Waals surface area contributed by atoms with Crippen LogP contribution < -0.4 is 5.32 Å². The van der Waals surface area contributed by atoms with Crippen LogP contribution in [0.2, 0.25) is 0 Å². The predicted molar refractivity (Wildman–Crippen MR) is 66.3 cm³/mol. The summed E-state index contributed by atoms with van der Waals surface area (Å²) in [4.78, 5) is 3.99. The second kappa shape index (κ2) is 7.14. The SMILES string of the molecule is C=C(C)COCCNC(C)c1ccncc1. The standard InChI is InChI=1S/C13H20N2O/c1-11(2)10-16-9-8-15-12(3)13-4-6-14-7-5-13/h4-7,12,15H,1,8-10H2,2-3H3. The molecule has 3 heteroatoms. The minimum Gasteiger partial charge on any atom is -0.376 e. The molecule has 16 heavy (non-hydrogen) atoms. The van der Waals surface area contributed by atoms with Gasteiger partial charge in [-0.05, 0) is 31.5 Å². The van der Waals surface area contributed by atoms with Crippen molar-refractivity contribution in [3.05, 3.63) is 42.2 Å². The van der Waals surface area contributed by atoms with Crippen LogP contribution in [0.1, 0.15) is 25.5 Å². The van der Waals surface area contributed by atoms with E-state index in [0.717, 1.165) is 12.1 Å². The predicted octanol–water partition coefficient (Wildman–Crippen LogP) is 2.32. The van der Waals surface area contributed by atoms with Crippen LogP contribution in [0.25, 0.3) is 0 Å². The Labute approximate surface area is 97.5 Å². The lowest BCUT2D eigenvalue weighted by atomic mass is 10.1. The quantitative estimate of drug-likeness (QED) is 0.565. The molecule has 0 amide bonds. The van der Waals surface area contributed by atoms with Crippen LogP contribution in [-0.4, -0.2) is 24.7 Å². The molecular weight excluding hydrogens is 200 g/mol. The number of hydrogen-bond donors (Lipinski definition) is 1. The lowest BCUT2D eigenvalue weighted by Gasteiger charge is -2.13. The molecule has 0 aliphatic rings. The van der Waals surface area contributed by atoms with Crippen LogP contribution in [0, 0.1) is 0 Å². The summed E-state index contributed by atoms with van der Waals surface area (Å²) in [6, 6.07) is 4.37. The molecule has 3 nitrogen and oxygen atoms in total. The van der Waals surface area contributed by atoms with Gasteiger partial charge >= 0.3 is 0 Å². The summed E-state index contributed by atoms with van der Waals surface area (Å²) in [6.07, 6.45) is 3.62. The van der Waals surface area contributed by atoms with Crippen LogP contribution in [-0.2, 0) is 4.74 Å². The molecule has 0 spiro atoms. The van der Waals surface area contributed by atoms with Crippen LogP contribution in [0.5, 0.6) is 0 Å². The second-order valence-electron chi connectivity index (χ2n) is 3.97. The van der Waals surface area contributed by atoms with Gasteiger partial charge < -0.3 is 10.1 Å². The van der Waals surface area contributed by atoms with E-state index in [0.29, 0.717) is 19.3 Å². The summed E-state index contributed by atoms with van der Waals surface area (Å²) in [5.74, 6) is 0. The number of ether oxygens (including phenoxy) is 1. The van der Waals surface area contributed by atoms with Gasteiger partial charge in [-0.2, -0.15) is 0 Å². The summed E-state index contributed by atoms with van der Waals surface area (Å²) in [7, 11) is 0. The van der Waals surface area contributed by atoms with Crippen molar-refractivity contribution in [1.29, 1.82) is 0 Å². The van der Waals surface area contributed by atoms with Crippen LogP contribution in [0.4, 0.5) is 0 Å². The Balaban J connectivity index is 2.16. The van der Waals surface area contributed by atoms with E-state index in [-0.39, 0.29) is 0 Å². The summed E-state index contributed by atoms with van der Waals surface area (Å²) >= 11 is 0. The van der Waals surface area contributed by atoms with Gasteiger partial charge in [0.25, 0.3) is 0 Å². The van der Waals surface area contributed by atoms with E-state index in [1.807, 2.05) is 31.5 Å². The first-order valence-corrected chi connectivity index (χ1v) is 5.55. The molecule has 88 valence electrons. The number of pyridine rings is 1. The van der Waals surface area contributed by atoms with Crippen LogP contribution >= 0.6 is 0 Å². The molecular formula is C13H20N2O. The van der Waals surface area contributed by atoms with Gasteiger partial charge in [-0.3, -0.25) is 4.98 Å². The molecule has 0 saturated heterocycles. The number of aromatic nitrogens is 1. The normalized spacial score (nSPS) is 12.4. The zero-order chi connectivity index (χ0) is 11.8. The molecule has 1 aromatic heterocycles. The van der Waals surface area contributed by atoms with Crippen molar-refractivity contribution in [1.82, 2.24) is 10.3 Å². The van der Waals surface area contributed by atoms with Crippen molar-refractivity contribution in [2.24, 2.45) is 0 Å². The molecule has 1 rings (SSSR count). The first-order valence-electron chi connectivity index (χ1n) is 5.55. The summed E-state index contributed by atoms with van der Waals surface area (Å²) in [5.41, 5.74) is 2.30. The molecule has 0 aliphatic carbocycles. The molecule has 0 aromatic carbocycles. The van der Waals surface area contributed by atoms with Gasteiger partial charge in [0, 0.05) is 25.0 Å². The van der Waals surface area contributed by atoms with Crippen molar-refractivity contribution in [2.45, 2.75) is 19.9 Å². The number of rotatable bonds is 7. The Morgan fingerprint density at radius 3 is 2.81 bits per heavy atom. The highest BCUT2D eigenvalue weighted by Gasteiger charge is 2.02. The topological polar surface area (TPSA) is 34.1 Å². The molecule has 0 bridgehead atoms. The van der Waals surface area contributed by atoms with Gasteiger partial charge in [-0.15, -0.1) is 0 Å². The fourth-order valence-electron chi connectivity index (χ4n) is 1.36. The fraction of sp³-hybridized carbons (Fsp3) is 0.462. The highest BCUT2D eigenvalue weighted by atomic mass is 16.5. The maximum Gasteiger partial charge on any atom is 0.0672 e. The molecule has 1 aromatic rings. The zero-order valence-electron chi connectivity index (χ0n) is 10.1. The van der Waals surface area contributed by atoms with Crippen molar-refractivity contribution >= 4 is 0 Å². The third kappa shape index (κ3) is 5.05. The average molecular weight is 220 g/mol. The third-order valence-electron chi connectivity index (χ3n) is 2.25. The Kier molecular flexibility index (Phi) is 5.75. The molecule has 0 aliphatic heterocycles. The Morgan fingerprint density at radius 1 is 1.50 bits per heavy atom. The first-order chi connectivity index (χ1) is 7.70. The van der Waals surface area contributed by atoms with E-state index in [1.165, 1.54) is 5.56 Å². The summed E-state index contributed by atoms with van der Waals surface area (Å²) in [5, 5.41) is 3.39. The molecule has 1 N–H and O–H groups in total. The lowest BCUT2D eigenvalue weighted by molar-refractivity contribution is 0.156. The molecule has 0 fully saturated rings. The first kappa shape index (κ1) is 12.9. The smallest absolute Gasteiger partial charge is 0.0672 e. The van der Waals surface area contributed by atoms with E-state index >= 15 is 0 Å². The van der Waals surface area contributed by atoms with E-state index in [9.17, 15) is 0 Å². The third-order valence-corrected chi connectivity index (χ3v) is 2.25. The van der Waals surface area contributed by atoms with Gasteiger partial charge in [0.2, 0.25) is 0 Å². The van der Waals surface area contributed by atoms with Crippen LogP contribution in [0.3, 0.4) is 0 Å². The van der Waals surface area contributed by atoms with Crippen LogP contribution in [0.15, 0.2) is 36.7 Å². The van der Waals surface area contributed by atoms with Gasteiger partial charge in [-0.1, -0.05) is 12.2 Å². The van der Waals surface area contributed by atoms with Gasteiger partial charge in [0.15, 0.2) is 0 Å². The Bertz CT molecular complexity index is 311. The monoisotopic (exact) mass is 220 g/mol. The lowest BCUT2D eigenvalue weighted by Crippen LogP contribution is -2.23. The zero-order valence-corrected chi connectivity index (χ0v) is 10.1. The Hall–Kier alpha value is -1.19. The average Bonchev–Trinajstić information content (AvgIpc) is 2.29. The Morgan fingerprint density at radius 2 is 2.19 bits per heavy atom. The van der Waals surface area contributed by atoms with E-state index in [4.69, 9.17) is 4.74 Å².